The molecule has 1 heterocycles. The molecule has 1 aromatic rings. The maximum atomic E-state index is 11.2. The predicted octanol–water partition coefficient (Wildman–Crippen LogP) is -1.07. The van der Waals surface area contributed by atoms with Crippen molar-refractivity contribution in [2.45, 2.75) is 0 Å². The number of aromatic nitrogens is 2. The monoisotopic (exact) mass is 182 g/mol. The zero-order chi connectivity index (χ0) is 10.0. The van der Waals surface area contributed by atoms with Crippen molar-refractivity contribution in [2.24, 2.45) is 5.73 Å². The second-order valence-corrected chi connectivity index (χ2v) is 2.71. The van der Waals surface area contributed by atoms with Crippen molar-refractivity contribution in [3.05, 3.63) is 22.1 Å². The molecule has 1 aromatic heterocycles. The Kier molecular flexibility index (Phi) is 2.32. The Morgan fingerprint density at radius 1 is 1.62 bits per heavy atom. The Hall–Kier alpha value is -1.85. The summed E-state index contributed by atoms with van der Waals surface area (Å²) in [7, 11) is 3.45. The van der Waals surface area contributed by atoms with Gasteiger partial charge in [-0.05, 0) is 0 Å². The summed E-state index contributed by atoms with van der Waals surface area (Å²) in [4.78, 5) is 29.7. The minimum absolute atomic E-state index is 0.134. The molecule has 0 aromatic carbocycles. The maximum absolute atomic E-state index is 11.2. The van der Waals surface area contributed by atoms with Crippen molar-refractivity contribution in [1.82, 2.24) is 9.97 Å². The topological polar surface area (TPSA) is 92.1 Å². The van der Waals surface area contributed by atoms with Gasteiger partial charge in [0, 0.05) is 20.3 Å². The van der Waals surface area contributed by atoms with Crippen molar-refractivity contribution in [3.63, 3.8) is 0 Å². The second kappa shape index (κ2) is 3.26. The number of hydrogen-bond donors (Lipinski definition) is 2. The van der Waals surface area contributed by atoms with E-state index in [-0.39, 0.29) is 5.56 Å². The van der Waals surface area contributed by atoms with Crippen molar-refractivity contribution >= 4 is 11.9 Å². The molecule has 0 atom stereocenters. The van der Waals surface area contributed by atoms with Gasteiger partial charge in [-0.15, -0.1) is 0 Å². The number of nitrogens with one attached hydrogen (secondary N) is 1. The SMILES string of the molecule is CN(C)c1ncc(C(N)=O)c(=O)[nH]1. The predicted molar refractivity (Wildman–Crippen MR) is 47.7 cm³/mol. The van der Waals surface area contributed by atoms with Crippen molar-refractivity contribution in [1.29, 1.82) is 0 Å². The lowest BCUT2D eigenvalue weighted by Crippen LogP contribution is -2.26. The van der Waals surface area contributed by atoms with E-state index in [1.165, 1.54) is 0 Å². The minimum atomic E-state index is -0.779. The average Bonchev–Trinajstić information content (AvgIpc) is 2.03. The largest absolute Gasteiger partial charge is 0.365 e. The van der Waals surface area contributed by atoms with E-state index in [1.54, 1.807) is 19.0 Å². The highest BCUT2D eigenvalue weighted by Crippen LogP contribution is 1.97. The summed E-state index contributed by atoms with van der Waals surface area (Å²) < 4.78 is 0. The van der Waals surface area contributed by atoms with Crippen LogP contribution < -0.4 is 16.2 Å². The number of H-pyrrole nitrogens is 1. The quantitative estimate of drug-likeness (QED) is 0.609. The van der Waals surface area contributed by atoms with Crippen LogP contribution in [-0.2, 0) is 0 Å². The van der Waals surface area contributed by atoms with Gasteiger partial charge in [-0.3, -0.25) is 14.6 Å². The third-order valence-corrected chi connectivity index (χ3v) is 1.47. The van der Waals surface area contributed by atoms with Gasteiger partial charge in [-0.2, -0.15) is 0 Å². The first-order valence-electron chi connectivity index (χ1n) is 3.59. The Labute approximate surface area is 74.4 Å². The van der Waals surface area contributed by atoms with Gasteiger partial charge in [0.1, 0.15) is 5.56 Å². The van der Waals surface area contributed by atoms with E-state index in [0.29, 0.717) is 5.95 Å². The van der Waals surface area contributed by atoms with E-state index in [9.17, 15) is 9.59 Å². The molecule has 1 rings (SSSR count). The molecule has 0 fully saturated rings. The van der Waals surface area contributed by atoms with Crippen LogP contribution in [0.4, 0.5) is 5.95 Å². The average molecular weight is 182 g/mol. The Morgan fingerprint density at radius 2 is 2.23 bits per heavy atom. The number of carbonyl (C=O) groups excluding carboxylic acids is 1. The molecule has 0 unspecified atom stereocenters. The maximum Gasteiger partial charge on any atom is 0.265 e. The normalized spacial score (nSPS) is 9.69. The van der Waals surface area contributed by atoms with Crippen LogP contribution >= 0.6 is 0 Å². The van der Waals surface area contributed by atoms with Crippen LogP contribution in [0.1, 0.15) is 10.4 Å². The molecule has 0 radical (unpaired) electrons. The summed E-state index contributed by atoms with van der Waals surface area (Å²) in [5.41, 5.74) is 4.27. The molecule has 6 heteroatoms. The zero-order valence-corrected chi connectivity index (χ0v) is 7.37. The first-order valence-corrected chi connectivity index (χ1v) is 3.59. The van der Waals surface area contributed by atoms with E-state index < -0.39 is 11.5 Å². The summed E-state index contributed by atoms with van der Waals surface area (Å²) in [5, 5.41) is 0. The van der Waals surface area contributed by atoms with Crippen LogP contribution in [0.3, 0.4) is 0 Å². The zero-order valence-electron chi connectivity index (χ0n) is 7.37. The van der Waals surface area contributed by atoms with Crippen LogP contribution in [0.2, 0.25) is 0 Å². The van der Waals surface area contributed by atoms with Crippen molar-refractivity contribution in [3.8, 4) is 0 Å². The lowest BCUT2D eigenvalue weighted by molar-refractivity contribution is 0.0998. The van der Waals surface area contributed by atoms with Gasteiger partial charge in [0.05, 0.1) is 0 Å². The Morgan fingerprint density at radius 3 is 2.62 bits per heavy atom. The van der Waals surface area contributed by atoms with E-state index >= 15 is 0 Å². The molecule has 70 valence electrons. The first kappa shape index (κ1) is 9.24. The molecule has 1 amide bonds. The first-order chi connectivity index (χ1) is 6.02. The highest BCUT2D eigenvalue weighted by Gasteiger charge is 2.07. The number of primary amides is 1. The van der Waals surface area contributed by atoms with Gasteiger partial charge in [-0.1, -0.05) is 0 Å². The molecule has 0 spiro atoms. The Balaban J connectivity index is 3.21. The van der Waals surface area contributed by atoms with Crippen LogP contribution in [0.15, 0.2) is 11.0 Å². The molecule has 0 aliphatic heterocycles. The van der Waals surface area contributed by atoms with Crippen LogP contribution in [0.25, 0.3) is 0 Å². The Bertz CT molecular complexity index is 382. The fourth-order valence-electron chi connectivity index (χ4n) is 0.788. The standard InChI is InChI=1S/C7H10N4O2/c1-11(2)7-9-3-4(5(8)12)6(13)10-7/h3H,1-2H3,(H2,8,12)(H,9,10,13). The smallest absolute Gasteiger partial charge is 0.265 e. The molecule has 0 aliphatic carbocycles. The number of carbonyl (C=O) groups is 1. The molecule has 3 N–H and O–H groups in total. The highest BCUT2D eigenvalue weighted by molar-refractivity contribution is 5.92. The number of hydrogen-bond acceptors (Lipinski definition) is 4. The number of aromatic amines is 1. The number of nitrogens with two attached hydrogens (primary N) is 1. The number of nitrogens with zero attached hydrogens (tertiary/aromatic N) is 2. The highest BCUT2D eigenvalue weighted by atomic mass is 16.2. The fraction of sp³-hybridized carbons (Fsp3) is 0.286. The van der Waals surface area contributed by atoms with Gasteiger partial charge in [0.2, 0.25) is 5.95 Å². The summed E-state index contributed by atoms with van der Waals surface area (Å²) in [6, 6.07) is 0. The van der Waals surface area contributed by atoms with E-state index in [4.69, 9.17) is 5.73 Å². The van der Waals surface area contributed by atoms with Gasteiger partial charge in [-0.25, -0.2) is 4.98 Å². The number of rotatable bonds is 2. The van der Waals surface area contributed by atoms with Crippen LogP contribution in [0, 0.1) is 0 Å². The molecule has 0 saturated carbocycles. The number of amides is 1. The summed E-state index contributed by atoms with van der Waals surface area (Å²) >= 11 is 0. The van der Waals surface area contributed by atoms with Gasteiger partial charge in [0.25, 0.3) is 11.5 Å². The molecule has 0 bridgehead atoms. The van der Waals surface area contributed by atoms with E-state index in [2.05, 4.69) is 9.97 Å². The third-order valence-electron chi connectivity index (χ3n) is 1.47. The third kappa shape index (κ3) is 1.84. The molecule has 13 heavy (non-hydrogen) atoms. The number of anilines is 1. The van der Waals surface area contributed by atoms with Gasteiger partial charge >= 0.3 is 0 Å². The molecule has 6 nitrogen and oxygen atoms in total. The lowest BCUT2D eigenvalue weighted by atomic mass is 10.3. The summed E-state index contributed by atoms with van der Waals surface area (Å²) in [6.45, 7) is 0. The summed E-state index contributed by atoms with van der Waals surface area (Å²) in [5.74, 6) is -0.394. The van der Waals surface area contributed by atoms with Gasteiger partial charge in [0.15, 0.2) is 0 Å². The van der Waals surface area contributed by atoms with E-state index in [1.807, 2.05) is 0 Å². The lowest BCUT2D eigenvalue weighted by Gasteiger charge is -2.09. The molecule has 0 aliphatic rings. The molecular formula is C7H10N4O2. The summed E-state index contributed by atoms with van der Waals surface area (Å²) in [6.07, 6.45) is 1.16. The van der Waals surface area contributed by atoms with E-state index in [0.717, 1.165) is 6.20 Å². The van der Waals surface area contributed by atoms with Crippen LogP contribution in [0.5, 0.6) is 0 Å². The second-order valence-electron chi connectivity index (χ2n) is 2.71. The fourth-order valence-corrected chi connectivity index (χ4v) is 0.788. The molecule has 0 saturated heterocycles. The van der Waals surface area contributed by atoms with Gasteiger partial charge < -0.3 is 10.6 Å². The molecular weight excluding hydrogens is 172 g/mol. The van der Waals surface area contributed by atoms with Crippen molar-refractivity contribution in [2.75, 3.05) is 19.0 Å². The van der Waals surface area contributed by atoms with Crippen molar-refractivity contribution < 1.29 is 4.79 Å². The minimum Gasteiger partial charge on any atom is -0.365 e. The van der Waals surface area contributed by atoms with Crippen LogP contribution in [-0.4, -0.2) is 30.0 Å².